The first-order chi connectivity index (χ1) is 9.74. The van der Waals surface area contributed by atoms with Crippen molar-refractivity contribution in [3.05, 3.63) is 41.1 Å². The van der Waals surface area contributed by atoms with Crippen molar-refractivity contribution in [1.82, 2.24) is 4.57 Å². The molecule has 1 aromatic heterocycles. The number of halogens is 3. The zero-order valence-electron chi connectivity index (χ0n) is 11.3. The predicted molar refractivity (Wildman–Crippen MR) is 71.1 cm³/mol. The Kier molecular flexibility index (Phi) is 3.56. The highest BCUT2D eigenvalue weighted by molar-refractivity contribution is 5.62. The molecule has 0 aliphatic heterocycles. The third-order valence-corrected chi connectivity index (χ3v) is 3.17. The molecule has 4 nitrogen and oxygen atoms in total. The van der Waals surface area contributed by atoms with Gasteiger partial charge in [0.1, 0.15) is 17.6 Å². The van der Waals surface area contributed by atoms with E-state index < -0.39 is 6.36 Å². The van der Waals surface area contributed by atoms with Crippen molar-refractivity contribution in [2.24, 2.45) is 0 Å². The molecule has 0 amide bonds. The van der Waals surface area contributed by atoms with Crippen molar-refractivity contribution in [3.63, 3.8) is 0 Å². The lowest BCUT2D eigenvalue weighted by Gasteiger charge is -2.13. The maximum absolute atomic E-state index is 12.3. The van der Waals surface area contributed by atoms with E-state index in [0.717, 1.165) is 0 Å². The molecule has 0 saturated heterocycles. The molecule has 21 heavy (non-hydrogen) atoms. The van der Waals surface area contributed by atoms with Gasteiger partial charge in [0, 0.05) is 11.8 Å². The lowest BCUT2D eigenvalue weighted by molar-refractivity contribution is -0.274. The lowest BCUT2D eigenvalue weighted by atomic mass is 10.2. The fraction of sp³-hybridized carbons (Fsp3) is 0.214. The Labute approximate surface area is 119 Å². The Morgan fingerprint density at radius 3 is 2.48 bits per heavy atom. The summed E-state index contributed by atoms with van der Waals surface area (Å²) in [5.41, 5.74) is 8.00. The second-order valence-electron chi connectivity index (χ2n) is 4.46. The molecule has 2 N–H and O–H groups in total. The monoisotopic (exact) mass is 295 g/mol. The minimum absolute atomic E-state index is 0.191. The highest BCUT2D eigenvalue weighted by Crippen LogP contribution is 2.30. The van der Waals surface area contributed by atoms with Crippen molar-refractivity contribution in [2.45, 2.75) is 20.2 Å². The first kappa shape index (κ1) is 14.8. The van der Waals surface area contributed by atoms with E-state index in [2.05, 4.69) is 4.74 Å². The quantitative estimate of drug-likeness (QED) is 0.923. The number of rotatable bonds is 2. The molecule has 0 spiro atoms. The number of nitriles is 1. The number of aromatic nitrogens is 1. The Balaban J connectivity index is 2.54. The highest BCUT2D eigenvalue weighted by atomic mass is 19.4. The average Bonchev–Trinajstić information content (AvgIpc) is 2.58. The molecule has 0 atom stereocenters. The molecule has 2 rings (SSSR count). The van der Waals surface area contributed by atoms with Gasteiger partial charge in [-0.15, -0.1) is 13.2 Å². The van der Waals surface area contributed by atoms with Gasteiger partial charge in [0.25, 0.3) is 0 Å². The van der Waals surface area contributed by atoms with E-state index in [4.69, 9.17) is 11.0 Å². The summed E-state index contributed by atoms with van der Waals surface area (Å²) >= 11 is 0. The first-order valence-electron chi connectivity index (χ1n) is 5.98. The zero-order valence-corrected chi connectivity index (χ0v) is 11.3. The summed E-state index contributed by atoms with van der Waals surface area (Å²) < 4.78 is 42.2. The second kappa shape index (κ2) is 5.05. The third kappa shape index (κ3) is 2.79. The van der Waals surface area contributed by atoms with Crippen molar-refractivity contribution in [3.8, 4) is 17.5 Å². The standard InChI is InChI=1S/C14H12F3N3O/c1-8-9(2)20(13(19)12(8)7-18)10-4-3-5-11(6-10)21-14(15,16)17/h3-6H,19H2,1-2H3. The van der Waals surface area contributed by atoms with Gasteiger partial charge in [0.2, 0.25) is 0 Å². The number of nitrogens with two attached hydrogens (primary N) is 1. The van der Waals surface area contributed by atoms with Gasteiger partial charge in [-0.25, -0.2) is 0 Å². The minimum Gasteiger partial charge on any atom is -0.406 e. The van der Waals surface area contributed by atoms with E-state index in [1.54, 1.807) is 19.9 Å². The van der Waals surface area contributed by atoms with E-state index in [1.165, 1.54) is 22.8 Å². The topological polar surface area (TPSA) is 64.0 Å². The van der Waals surface area contributed by atoms with Gasteiger partial charge in [-0.05, 0) is 31.5 Å². The minimum atomic E-state index is -4.76. The van der Waals surface area contributed by atoms with Gasteiger partial charge >= 0.3 is 6.36 Å². The number of hydrogen-bond acceptors (Lipinski definition) is 3. The van der Waals surface area contributed by atoms with E-state index in [9.17, 15) is 13.2 Å². The molecule has 1 aromatic carbocycles. The second-order valence-corrected chi connectivity index (χ2v) is 4.46. The van der Waals surface area contributed by atoms with Gasteiger partial charge in [-0.1, -0.05) is 6.07 Å². The van der Waals surface area contributed by atoms with Gasteiger partial charge in [-0.3, -0.25) is 4.57 Å². The van der Waals surface area contributed by atoms with Crippen molar-refractivity contribution in [1.29, 1.82) is 5.26 Å². The third-order valence-electron chi connectivity index (χ3n) is 3.17. The molecule has 2 aromatic rings. The summed E-state index contributed by atoms with van der Waals surface area (Å²) in [4.78, 5) is 0. The molecule has 0 unspecified atom stereocenters. The van der Waals surface area contributed by atoms with Crippen LogP contribution in [0.2, 0.25) is 0 Å². The number of benzene rings is 1. The molecule has 0 fully saturated rings. The van der Waals surface area contributed by atoms with Crippen molar-refractivity contribution < 1.29 is 17.9 Å². The SMILES string of the molecule is Cc1c(C#N)c(N)n(-c2cccc(OC(F)(F)F)c2)c1C. The molecular weight excluding hydrogens is 283 g/mol. The summed E-state index contributed by atoms with van der Waals surface area (Å²) in [5.74, 6) is -0.152. The van der Waals surface area contributed by atoms with Crippen LogP contribution in [0.3, 0.4) is 0 Å². The van der Waals surface area contributed by atoms with Crippen LogP contribution >= 0.6 is 0 Å². The molecule has 0 bridgehead atoms. The van der Waals surface area contributed by atoms with Crippen LogP contribution in [0.1, 0.15) is 16.8 Å². The summed E-state index contributed by atoms with van der Waals surface area (Å²) in [7, 11) is 0. The van der Waals surface area contributed by atoms with Crippen LogP contribution in [0.25, 0.3) is 5.69 Å². The first-order valence-corrected chi connectivity index (χ1v) is 5.98. The Bertz CT molecular complexity index is 726. The maximum atomic E-state index is 12.3. The number of ether oxygens (including phenoxy) is 1. The van der Waals surface area contributed by atoms with E-state index >= 15 is 0 Å². The zero-order chi connectivity index (χ0) is 15.8. The Morgan fingerprint density at radius 2 is 1.95 bits per heavy atom. The summed E-state index contributed by atoms with van der Waals surface area (Å²) in [5, 5.41) is 9.07. The van der Waals surface area contributed by atoms with Crippen LogP contribution in [0.4, 0.5) is 19.0 Å². The number of hydrogen-bond donors (Lipinski definition) is 1. The fourth-order valence-corrected chi connectivity index (χ4v) is 2.13. The largest absolute Gasteiger partial charge is 0.573 e. The number of alkyl halides is 3. The molecule has 0 radical (unpaired) electrons. The summed E-state index contributed by atoms with van der Waals surface area (Å²) in [6, 6.07) is 7.43. The van der Waals surface area contributed by atoms with Crippen LogP contribution < -0.4 is 10.5 Å². The normalized spacial score (nSPS) is 11.2. The van der Waals surface area contributed by atoms with Crippen LogP contribution in [0.15, 0.2) is 24.3 Å². The number of anilines is 1. The van der Waals surface area contributed by atoms with E-state index in [-0.39, 0.29) is 11.6 Å². The Morgan fingerprint density at radius 1 is 1.29 bits per heavy atom. The van der Waals surface area contributed by atoms with Crippen molar-refractivity contribution in [2.75, 3.05) is 5.73 Å². The van der Waals surface area contributed by atoms with E-state index in [0.29, 0.717) is 22.5 Å². The summed E-state index contributed by atoms with van der Waals surface area (Å²) in [6.07, 6.45) is -4.76. The number of nitrogens with zero attached hydrogens (tertiary/aromatic N) is 2. The van der Waals surface area contributed by atoms with E-state index in [1.807, 2.05) is 6.07 Å². The van der Waals surface area contributed by atoms with Crippen molar-refractivity contribution >= 4 is 5.82 Å². The lowest BCUT2D eigenvalue weighted by Crippen LogP contribution is -2.17. The molecule has 1 heterocycles. The van der Waals surface area contributed by atoms with Crippen LogP contribution in [0, 0.1) is 25.2 Å². The molecule has 7 heteroatoms. The molecule has 0 saturated carbocycles. The average molecular weight is 295 g/mol. The van der Waals surface area contributed by atoms with Gasteiger partial charge in [0.05, 0.1) is 11.3 Å². The fourth-order valence-electron chi connectivity index (χ4n) is 2.13. The maximum Gasteiger partial charge on any atom is 0.573 e. The number of nitrogen functional groups attached to an aromatic ring is 1. The van der Waals surface area contributed by atoms with Gasteiger partial charge < -0.3 is 10.5 Å². The van der Waals surface area contributed by atoms with Crippen LogP contribution in [-0.2, 0) is 0 Å². The smallest absolute Gasteiger partial charge is 0.406 e. The van der Waals surface area contributed by atoms with Gasteiger partial charge in [-0.2, -0.15) is 5.26 Å². The molecule has 110 valence electrons. The van der Waals surface area contributed by atoms with Crippen LogP contribution in [0.5, 0.6) is 5.75 Å². The van der Waals surface area contributed by atoms with Gasteiger partial charge in [0.15, 0.2) is 0 Å². The van der Waals surface area contributed by atoms with Crippen LogP contribution in [-0.4, -0.2) is 10.9 Å². The Hall–Kier alpha value is -2.62. The molecule has 0 aliphatic rings. The highest BCUT2D eigenvalue weighted by Gasteiger charge is 2.31. The molecular formula is C14H12F3N3O. The molecule has 0 aliphatic carbocycles. The summed E-state index contributed by atoms with van der Waals surface area (Å²) in [6.45, 7) is 3.47. The predicted octanol–water partition coefficient (Wildman–Crippen LogP) is 3.45.